The van der Waals surface area contributed by atoms with E-state index in [-0.39, 0.29) is 6.04 Å². The van der Waals surface area contributed by atoms with Crippen LogP contribution in [0.1, 0.15) is 67.7 Å². The number of aromatic nitrogens is 4. The van der Waals surface area contributed by atoms with E-state index >= 15 is 0 Å². The smallest absolute Gasteiger partial charge is 0.225 e. The van der Waals surface area contributed by atoms with Gasteiger partial charge in [0, 0.05) is 68.4 Å². The van der Waals surface area contributed by atoms with Crippen molar-refractivity contribution in [1.82, 2.24) is 25.3 Å². The molecular weight excluding hydrogens is 364 g/mol. The van der Waals surface area contributed by atoms with Crippen molar-refractivity contribution in [3.8, 4) is 0 Å². The molecule has 1 aliphatic carbocycles. The van der Waals surface area contributed by atoms with E-state index in [1.807, 2.05) is 18.6 Å². The summed E-state index contributed by atoms with van der Waals surface area (Å²) in [6.45, 7) is 5.05. The van der Waals surface area contributed by atoms with Crippen molar-refractivity contribution in [3.63, 3.8) is 0 Å². The van der Waals surface area contributed by atoms with Gasteiger partial charge >= 0.3 is 0 Å². The third-order valence-electron chi connectivity index (χ3n) is 6.11. The third kappa shape index (κ3) is 4.90. The van der Waals surface area contributed by atoms with Crippen LogP contribution in [0.4, 0.5) is 5.95 Å². The molecule has 2 aliphatic rings. The van der Waals surface area contributed by atoms with Crippen LogP contribution in [0, 0.1) is 5.92 Å². The molecule has 3 heterocycles. The molecule has 4 rings (SSSR count). The molecule has 1 aliphatic heterocycles. The molecule has 0 aromatic carbocycles. The van der Waals surface area contributed by atoms with E-state index in [0.29, 0.717) is 12.5 Å². The van der Waals surface area contributed by atoms with E-state index in [9.17, 15) is 5.11 Å². The lowest BCUT2D eigenvalue weighted by Gasteiger charge is -2.32. The lowest BCUT2D eigenvalue weighted by atomic mass is 9.92. The van der Waals surface area contributed by atoms with E-state index in [0.717, 1.165) is 81.9 Å². The number of anilines is 1. The van der Waals surface area contributed by atoms with Gasteiger partial charge in [0.1, 0.15) is 5.82 Å². The minimum absolute atomic E-state index is 0.281. The van der Waals surface area contributed by atoms with Gasteiger partial charge in [-0.05, 0) is 44.4 Å². The average Bonchev–Trinajstić information content (AvgIpc) is 2.78. The van der Waals surface area contributed by atoms with Crippen molar-refractivity contribution < 1.29 is 5.11 Å². The molecule has 0 amide bonds. The first-order valence-electron chi connectivity index (χ1n) is 11.0. The van der Waals surface area contributed by atoms with E-state index in [4.69, 9.17) is 9.97 Å². The topological polar surface area (TPSA) is 87.1 Å². The molecule has 2 N–H and O–H groups in total. The fourth-order valence-corrected chi connectivity index (χ4v) is 4.28. The van der Waals surface area contributed by atoms with Crippen molar-refractivity contribution in [3.05, 3.63) is 41.2 Å². The summed E-state index contributed by atoms with van der Waals surface area (Å²) in [7, 11) is 0. The normalized spacial score (nSPS) is 19.9. The number of nitrogens with one attached hydrogen (secondary N) is 1. The van der Waals surface area contributed by atoms with E-state index in [1.165, 1.54) is 11.3 Å². The van der Waals surface area contributed by atoms with Gasteiger partial charge in [0.2, 0.25) is 5.95 Å². The Kier molecular flexibility index (Phi) is 6.67. The van der Waals surface area contributed by atoms with Crippen molar-refractivity contribution >= 4 is 5.95 Å². The second kappa shape index (κ2) is 9.59. The highest BCUT2D eigenvalue weighted by Crippen LogP contribution is 2.30. The summed E-state index contributed by atoms with van der Waals surface area (Å²) >= 11 is 0. The first-order chi connectivity index (χ1) is 14.3. The molecule has 7 nitrogen and oxygen atoms in total. The summed E-state index contributed by atoms with van der Waals surface area (Å²) < 4.78 is 0. The number of nitrogens with zero attached hydrogens (tertiary/aromatic N) is 5. The lowest BCUT2D eigenvalue weighted by Crippen LogP contribution is -2.36. The lowest BCUT2D eigenvalue weighted by molar-refractivity contribution is 0.202. The van der Waals surface area contributed by atoms with Crippen LogP contribution in [0.3, 0.4) is 0 Å². The van der Waals surface area contributed by atoms with Crippen molar-refractivity contribution in [1.29, 1.82) is 0 Å². The van der Waals surface area contributed by atoms with Crippen molar-refractivity contribution in [2.45, 2.75) is 64.5 Å². The van der Waals surface area contributed by atoms with Gasteiger partial charge in [-0.3, -0.25) is 0 Å². The van der Waals surface area contributed by atoms with Gasteiger partial charge in [0.25, 0.3) is 0 Å². The van der Waals surface area contributed by atoms with Crippen LogP contribution in [-0.2, 0) is 19.4 Å². The Hall–Kier alpha value is -2.12. The van der Waals surface area contributed by atoms with Crippen LogP contribution in [0.25, 0.3) is 0 Å². The van der Waals surface area contributed by atoms with Crippen LogP contribution in [-0.4, -0.2) is 44.7 Å². The van der Waals surface area contributed by atoms with Gasteiger partial charge in [-0.15, -0.1) is 0 Å². The minimum Gasteiger partial charge on any atom is -0.396 e. The first kappa shape index (κ1) is 20.2. The molecule has 0 unspecified atom stereocenters. The highest BCUT2D eigenvalue weighted by atomic mass is 16.3. The van der Waals surface area contributed by atoms with Crippen LogP contribution in [0.15, 0.2) is 18.6 Å². The van der Waals surface area contributed by atoms with Crippen molar-refractivity contribution in [2.24, 2.45) is 5.92 Å². The molecule has 0 spiro atoms. The number of hydrogen-bond donors (Lipinski definition) is 2. The standard InChI is InChI=1S/C22H32N6O/c1-2-4-21-24-12-17(13-25-21)11-23-19-5-3-6-20-18(19)14-26-22(27-20)28-9-7-16(15-29)8-10-28/h12-14,16,19,23,29H,2-11,15H2,1H3/t19-/m1/s1. The Labute approximate surface area is 173 Å². The van der Waals surface area contributed by atoms with Gasteiger partial charge in [0.15, 0.2) is 0 Å². The number of aliphatic hydroxyl groups is 1. The van der Waals surface area contributed by atoms with Gasteiger partial charge in [0.05, 0.1) is 5.69 Å². The molecule has 7 heteroatoms. The summed E-state index contributed by atoms with van der Waals surface area (Å²) in [5, 5.41) is 13.0. The monoisotopic (exact) mass is 396 g/mol. The zero-order valence-electron chi connectivity index (χ0n) is 17.3. The Morgan fingerprint density at radius 2 is 1.90 bits per heavy atom. The number of hydrogen-bond acceptors (Lipinski definition) is 7. The summed E-state index contributed by atoms with van der Waals surface area (Å²) in [5.74, 6) is 2.20. The van der Waals surface area contributed by atoms with Crippen LogP contribution >= 0.6 is 0 Å². The Morgan fingerprint density at radius 1 is 1.10 bits per heavy atom. The Bertz CT molecular complexity index is 788. The summed E-state index contributed by atoms with van der Waals surface area (Å²) in [4.78, 5) is 20.8. The second-order valence-electron chi connectivity index (χ2n) is 8.27. The number of aliphatic hydroxyl groups excluding tert-OH is 1. The highest BCUT2D eigenvalue weighted by molar-refractivity contribution is 5.36. The maximum absolute atomic E-state index is 9.34. The Morgan fingerprint density at radius 3 is 2.62 bits per heavy atom. The molecule has 0 radical (unpaired) electrons. The first-order valence-corrected chi connectivity index (χ1v) is 11.0. The number of piperidine rings is 1. The van der Waals surface area contributed by atoms with Gasteiger partial charge in [-0.1, -0.05) is 6.92 Å². The zero-order chi connectivity index (χ0) is 20.1. The van der Waals surface area contributed by atoms with Gasteiger partial charge in [-0.2, -0.15) is 0 Å². The fourth-order valence-electron chi connectivity index (χ4n) is 4.28. The quantitative estimate of drug-likeness (QED) is 0.744. The van der Waals surface area contributed by atoms with Gasteiger partial charge in [-0.25, -0.2) is 19.9 Å². The third-order valence-corrected chi connectivity index (χ3v) is 6.11. The Balaban J connectivity index is 1.39. The number of aryl methyl sites for hydroxylation is 2. The molecule has 29 heavy (non-hydrogen) atoms. The predicted octanol–water partition coefficient (Wildman–Crippen LogP) is 2.60. The summed E-state index contributed by atoms with van der Waals surface area (Å²) in [5.41, 5.74) is 3.52. The minimum atomic E-state index is 0.281. The molecule has 156 valence electrons. The summed E-state index contributed by atoms with van der Waals surface area (Å²) in [6, 6.07) is 0.281. The molecule has 2 aromatic heterocycles. The predicted molar refractivity (Wildman–Crippen MR) is 113 cm³/mol. The highest BCUT2D eigenvalue weighted by Gasteiger charge is 2.25. The van der Waals surface area contributed by atoms with Crippen molar-refractivity contribution in [2.75, 3.05) is 24.6 Å². The molecule has 2 aromatic rings. The van der Waals surface area contributed by atoms with E-state index in [1.54, 1.807) is 0 Å². The molecule has 0 bridgehead atoms. The number of rotatable bonds is 7. The fraction of sp³-hybridized carbons (Fsp3) is 0.636. The molecule has 1 saturated heterocycles. The average molecular weight is 397 g/mol. The zero-order valence-corrected chi connectivity index (χ0v) is 17.3. The van der Waals surface area contributed by atoms with Crippen LogP contribution in [0.2, 0.25) is 0 Å². The second-order valence-corrected chi connectivity index (χ2v) is 8.27. The van der Waals surface area contributed by atoms with Crippen LogP contribution in [0.5, 0.6) is 0 Å². The maximum atomic E-state index is 9.34. The molecular formula is C22H32N6O. The largest absolute Gasteiger partial charge is 0.396 e. The molecule has 1 atom stereocenters. The molecule has 0 saturated carbocycles. The van der Waals surface area contributed by atoms with Gasteiger partial charge < -0.3 is 15.3 Å². The van der Waals surface area contributed by atoms with Crippen LogP contribution < -0.4 is 10.2 Å². The van der Waals surface area contributed by atoms with E-state index < -0.39 is 0 Å². The molecule has 1 fully saturated rings. The summed E-state index contributed by atoms with van der Waals surface area (Å²) in [6.07, 6.45) is 13.2. The number of fused-ring (bicyclic) bond motifs is 1. The maximum Gasteiger partial charge on any atom is 0.225 e. The van der Waals surface area contributed by atoms with E-state index in [2.05, 4.69) is 27.1 Å². The SMILES string of the molecule is CCCc1ncc(CN[C@@H]2CCCc3nc(N4CCC(CO)CC4)ncc32)cn1.